The Kier molecular flexibility index (Phi) is 4.26. The van der Waals surface area contributed by atoms with Crippen molar-refractivity contribution in [3.8, 4) is 0 Å². The van der Waals surface area contributed by atoms with E-state index in [9.17, 15) is 0 Å². The molecule has 0 aromatic carbocycles. The van der Waals surface area contributed by atoms with Crippen molar-refractivity contribution >= 4 is 23.1 Å². The Bertz CT molecular complexity index is 253. The van der Waals surface area contributed by atoms with E-state index < -0.39 is 0 Å². The summed E-state index contributed by atoms with van der Waals surface area (Å²) in [6.45, 7) is 8.91. The number of hydrogen-bond acceptors (Lipinski definition) is 3. The first-order valence-corrected chi connectivity index (χ1v) is 6.48. The molecule has 0 fully saturated rings. The van der Waals surface area contributed by atoms with Gasteiger partial charge >= 0.3 is 0 Å². The second kappa shape index (κ2) is 5.01. The van der Waals surface area contributed by atoms with E-state index in [2.05, 4.69) is 32.7 Å². The van der Waals surface area contributed by atoms with Crippen LogP contribution in [0.1, 0.15) is 38.5 Å². The molecule has 1 rings (SSSR count). The topological polar surface area (TPSA) is 12.9 Å². The summed E-state index contributed by atoms with van der Waals surface area (Å²) in [6, 6.07) is 0. The van der Waals surface area contributed by atoms with Gasteiger partial charge in [0.25, 0.3) is 0 Å². The van der Waals surface area contributed by atoms with Crippen molar-refractivity contribution in [2.24, 2.45) is 5.92 Å². The Morgan fingerprint density at radius 3 is 2.54 bits per heavy atom. The van der Waals surface area contributed by atoms with Crippen LogP contribution in [-0.2, 0) is 0 Å². The average molecular weight is 215 g/mol. The van der Waals surface area contributed by atoms with Gasteiger partial charge in [0.1, 0.15) is 4.34 Å². The number of hydrogen-bond donors (Lipinski definition) is 0. The van der Waals surface area contributed by atoms with Gasteiger partial charge in [-0.2, -0.15) is 0 Å². The van der Waals surface area contributed by atoms with Gasteiger partial charge in [0.2, 0.25) is 0 Å². The molecule has 1 aromatic heterocycles. The summed E-state index contributed by atoms with van der Waals surface area (Å²) < 4.78 is 1.22. The van der Waals surface area contributed by atoms with E-state index in [4.69, 9.17) is 0 Å². The van der Waals surface area contributed by atoms with Crippen molar-refractivity contribution in [2.45, 2.75) is 38.0 Å². The summed E-state index contributed by atoms with van der Waals surface area (Å²) in [5.41, 5.74) is 0. The van der Waals surface area contributed by atoms with Gasteiger partial charge < -0.3 is 0 Å². The quantitative estimate of drug-likeness (QED) is 0.704. The largest absolute Gasteiger partial charge is 0.238 e. The molecule has 0 aliphatic heterocycles. The zero-order valence-corrected chi connectivity index (χ0v) is 10.3. The molecule has 0 unspecified atom stereocenters. The molecule has 0 radical (unpaired) electrons. The Hall–Kier alpha value is -0.0200. The standard InChI is InChI=1S/C10H17NS2/c1-7(2)6-12-10-11-5-9(13-10)8(3)4/h5,7-8H,6H2,1-4H3. The molecular weight excluding hydrogens is 198 g/mol. The van der Waals surface area contributed by atoms with Crippen molar-refractivity contribution < 1.29 is 0 Å². The van der Waals surface area contributed by atoms with Crippen LogP contribution >= 0.6 is 23.1 Å². The van der Waals surface area contributed by atoms with E-state index in [-0.39, 0.29) is 0 Å². The first-order valence-electron chi connectivity index (χ1n) is 4.68. The minimum Gasteiger partial charge on any atom is -0.238 e. The lowest BCUT2D eigenvalue weighted by Crippen LogP contribution is -1.89. The zero-order valence-electron chi connectivity index (χ0n) is 8.70. The molecule has 0 aliphatic carbocycles. The van der Waals surface area contributed by atoms with Crippen LogP contribution in [0.4, 0.5) is 0 Å². The van der Waals surface area contributed by atoms with Crippen LogP contribution in [0, 0.1) is 5.92 Å². The number of rotatable bonds is 4. The predicted molar refractivity (Wildman–Crippen MR) is 61.8 cm³/mol. The van der Waals surface area contributed by atoms with Crippen molar-refractivity contribution in [2.75, 3.05) is 5.75 Å². The van der Waals surface area contributed by atoms with E-state index in [0.717, 1.165) is 5.92 Å². The molecule has 1 nitrogen and oxygen atoms in total. The molecule has 0 aliphatic rings. The number of aromatic nitrogens is 1. The van der Waals surface area contributed by atoms with Gasteiger partial charge in [-0.05, 0) is 11.8 Å². The molecule has 0 N–H and O–H groups in total. The van der Waals surface area contributed by atoms with Crippen molar-refractivity contribution in [1.82, 2.24) is 4.98 Å². The van der Waals surface area contributed by atoms with Crippen molar-refractivity contribution in [3.05, 3.63) is 11.1 Å². The van der Waals surface area contributed by atoms with Crippen LogP contribution in [0.25, 0.3) is 0 Å². The second-order valence-corrected chi connectivity index (χ2v) is 6.22. The normalized spacial score (nSPS) is 11.5. The third kappa shape index (κ3) is 3.69. The lowest BCUT2D eigenvalue weighted by Gasteiger charge is -2.00. The third-order valence-corrected chi connectivity index (χ3v) is 4.49. The van der Waals surface area contributed by atoms with E-state index in [1.165, 1.54) is 15.0 Å². The van der Waals surface area contributed by atoms with Crippen LogP contribution in [0.2, 0.25) is 0 Å². The Balaban J connectivity index is 2.49. The van der Waals surface area contributed by atoms with Gasteiger partial charge in [-0.25, -0.2) is 4.98 Å². The fraction of sp³-hybridized carbons (Fsp3) is 0.700. The van der Waals surface area contributed by atoms with Gasteiger partial charge in [0.15, 0.2) is 0 Å². The minimum atomic E-state index is 0.617. The molecule has 0 saturated heterocycles. The average Bonchev–Trinajstić information content (AvgIpc) is 2.48. The number of thioether (sulfide) groups is 1. The van der Waals surface area contributed by atoms with Gasteiger partial charge in [0.05, 0.1) is 0 Å². The predicted octanol–water partition coefficient (Wildman–Crippen LogP) is 4.01. The molecule has 1 aromatic rings. The molecular formula is C10H17NS2. The maximum absolute atomic E-state index is 4.39. The van der Waals surface area contributed by atoms with E-state index >= 15 is 0 Å². The van der Waals surface area contributed by atoms with Gasteiger partial charge in [-0.3, -0.25) is 0 Å². The van der Waals surface area contributed by atoms with Crippen LogP contribution in [0.15, 0.2) is 10.5 Å². The molecule has 74 valence electrons. The van der Waals surface area contributed by atoms with Crippen LogP contribution in [0.3, 0.4) is 0 Å². The number of nitrogens with zero attached hydrogens (tertiary/aromatic N) is 1. The maximum atomic E-state index is 4.39. The van der Waals surface area contributed by atoms with Crippen LogP contribution in [-0.4, -0.2) is 10.7 Å². The third-order valence-electron chi connectivity index (χ3n) is 1.61. The number of thiazole rings is 1. The Morgan fingerprint density at radius 1 is 1.38 bits per heavy atom. The smallest absolute Gasteiger partial charge is 0.150 e. The summed E-state index contributed by atoms with van der Waals surface area (Å²) in [7, 11) is 0. The summed E-state index contributed by atoms with van der Waals surface area (Å²) in [5.74, 6) is 2.53. The molecule has 0 saturated carbocycles. The fourth-order valence-electron chi connectivity index (χ4n) is 0.841. The molecule has 13 heavy (non-hydrogen) atoms. The highest BCUT2D eigenvalue weighted by atomic mass is 32.2. The van der Waals surface area contributed by atoms with E-state index in [1.807, 2.05) is 29.3 Å². The maximum Gasteiger partial charge on any atom is 0.150 e. The molecule has 1 heterocycles. The second-order valence-electron chi connectivity index (χ2n) is 3.89. The SMILES string of the molecule is CC(C)CSc1ncc(C(C)C)s1. The lowest BCUT2D eigenvalue weighted by atomic mass is 10.2. The van der Waals surface area contributed by atoms with Crippen molar-refractivity contribution in [3.63, 3.8) is 0 Å². The first-order chi connectivity index (χ1) is 6.09. The van der Waals surface area contributed by atoms with Crippen molar-refractivity contribution in [1.29, 1.82) is 0 Å². The highest BCUT2D eigenvalue weighted by molar-refractivity contribution is 8.01. The van der Waals surface area contributed by atoms with Crippen LogP contribution in [0.5, 0.6) is 0 Å². The molecule has 0 spiro atoms. The molecule has 3 heteroatoms. The Morgan fingerprint density at radius 2 is 2.08 bits per heavy atom. The fourth-order valence-corrected chi connectivity index (χ4v) is 2.82. The monoisotopic (exact) mass is 215 g/mol. The lowest BCUT2D eigenvalue weighted by molar-refractivity contribution is 0.750. The molecule has 0 amide bonds. The van der Waals surface area contributed by atoms with E-state index in [0.29, 0.717) is 5.92 Å². The molecule has 0 bridgehead atoms. The van der Waals surface area contributed by atoms with E-state index in [1.54, 1.807) is 0 Å². The Labute approximate surface area is 89.0 Å². The summed E-state index contributed by atoms with van der Waals surface area (Å²) in [5, 5.41) is 0. The molecule has 0 atom stereocenters. The highest BCUT2D eigenvalue weighted by Crippen LogP contribution is 2.29. The van der Waals surface area contributed by atoms with Gasteiger partial charge in [-0.15, -0.1) is 11.3 Å². The highest BCUT2D eigenvalue weighted by Gasteiger charge is 2.06. The summed E-state index contributed by atoms with van der Waals surface area (Å²) in [6.07, 6.45) is 2.01. The van der Waals surface area contributed by atoms with Gasteiger partial charge in [-0.1, -0.05) is 39.5 Å². The van der Waals surface area contributed by atoms with Gasteiger partial charge in [0, 0.05) is 16.8 Å². The minimum absolute atomic E-state index is 0.617. The van der Waals surface area contributed by atoms with Crippen LogP contribution < -0.4 is 0 Å². The summed E-state index contributed by atoms with van der Waals surface area (Å²) >= 11 is 3.71. The first kappa shape index (κ1) is 11.1. The summed E-state index contributed by atoms with van der Waals surface area (Å²) in [4.78, 5) is 5.79. The zero-order chi connectivity index (χ0) is 9.84.